The van der Waals surface area contributed by atoms with Gasteiger partial charge in [0, 0.05) is 6.42 Å². The van der Waals surface area contributed by atoms with Crippen molar-refractivity contribution in [3.8, 4) is 0 Å². The summed E-state index contributed by atoms with van der Waals surface area (Å²) < 4.78 is 0. The number of carboxylic acid groups (broad SMARTS) is 1. The average molecular weight is 421 g/mol. The van der Waals surface area contributed by atoms with E-state index in [1.807, 2.05) is 0 Å². The summed E-state index contributed by atoms with van der Waals surface area (Å²) in [6, 6.07) is 0. The molecular formula is C26H44O4. The second kappa shape index (κ2) is 8.39. The van der Waals surface area contributed by atoms with Gasteiger partial charge >= 0.3 is 5.97 Å². The van der Waals surface area contributed by atoms with Crippen LogP contribution in [0.2, 0.25) is 0 Å². The number of aliphatic hydroxyl groups excluding tert-OH is 2. The smallest absolute Gasteiger partial charge is 0.303 e. The Morgan fingerprint density at radius 1 is 1.10 bits per heavy atom. The van der Waals surface area contributed by atoms with Crippen LogP contribution in [0.15, 0.2) is 0 Å². The third kappa shape index (κ3) is 3.54. The zero-order valence-electron chi connectivity index (χ0n) is 19.5. The number of hydrogen-bond acceptors (Lipinski definition) is 3. The minimum Gasteiger partial charge on any atom is -0.481 e. The van der Waals surface area contributed by atoms with Crippen LogP contribution in [0.1, 0.15) is 85.5 Å². The van der Waals surface area contributed by atoms with Crippen molar-refractivity contribution in [1.82, 2.24) is 0 Å². The molecule has 0 heterocycles. The molecule has 12 atom stereocenters. The maximum Gasteiger partial charge on any atom is 0.303 e. The molecule has 4 heteroatoms. The summed E-state index contributed by atoms with van der Waals surface area (Å²) in [6.07, 6.45) is 8.12. The van der Waals surface area contributed by atoms with Gasteiger partial charge in [-0.1, -0.05) is 34.1 Å². The number of carboxylic acids is 1. The van der Waals surface area contributed by atoms with E-state index in [0.29, 0.717) is 53.3 Å². The summed E-state index contributed by atoms with van der Waals surface area (Å²) in [5.41, 5.74) is 0.246. The normalized spacial score (nSPS) is 51.5. The molecule has 5 unspecified atom stereocenters. The van der Waals surface area contributed by atoms with E-state index in [2.05, 4.69) is 27.7 Å². The van der Waals surface area contributed by atoms with Gasteiger partial charge in [0.25, 0.3) is 0 Å². The Labute approximate surface area is 182 Å². The highest BCUT2D eigenvalue weighted by Crippen LogP contribution is 2.67. The average Bonchev–Trinajstić information content (AvgIpc) is 3.14. The number of aliphatic carboxylic acids is 1. The molecule has 0 aliphatic heterocycles. The molecule has 4 aliphatic carbocycles. The van der Waals surface area contributed by atoms with E-state index in [1.54, 1.807) is 0 Å². The molecule has 4 fully saturated rings. The SMILES string of the molecule is CC[C@H]1C(O)C2C3CC[C@H]([C@H](C)CCC(=O)O)[C@@H]3C(C)CC2[C@@]2(C)CC[C@@H](O)C[C@@H]12. The van der Waals surface area contributed by atoms with Crippen LogP contribution in [-0.2, 0) is 4.79 Å². The Balaban J connectivity index is 1.61. The van der Waals surface area contributed by atoms with Gasteiger partial charge in [0.2, 0.25) is 0 Å². The lowest BCUT2D eigenvalue weighted by Crippen LogP contribution is -2.61. The van der Waals surface area contributed by atoms with Crippen molar-refractivity contribution in [3.63, 3.8) is 0 Å². The van der Waals surface area contributed by atoms with Crippen molar-refractivity contribution >= 4 is 5.97 Å². The molecule has 0 bridgehead atoms. The van der Waals surface area contributed by atoms with Crippen molar-refractivity contribution in [2.45, 2.75) is 97.7 Å². The molecule has 4 rings (SSSR count). The number of hydrogen-bond donors (Lipinski definition) is 3. The predicted octanol–water partition coefficient (Wildman–Crippen LogP) is 4.97. The molecular weight excluding hydrogens is 376 g/mol. The lowest BCUT2D eigenvalue weighted by atomic mass is 9.42. The molecule has 172 valence electrons. The maximum absolute atomic E-state index is 11.7. The van der Waals surface area contributed by atoms with Crippen LogP contribution in [0.5, 0.6) is 0 Å². The van der Waals surface area contributed by atoms with Crippen LogP contribution >= 0.6 is 0 Å². The highest BCUT2D eigenvalue weighted by molar-refractivity contribution is 5.66. The van der Waals surface area contributed by atoms with E-state index in [1.165, 1.54) is 19.3 Å². The number of fused-ring (bicyclic) bond motifs is 5. The predicted molar refractivity (Wildman–Crippen MR) is 118 cm³/mol. The van der Waals surface area contributed by atoms with Gasteiger partial charge in [-0.25, -0.2) is 0 Å². The van der Waals surface area contributed by atoms with Gasteiger partial charge in [-0.3, -0.25) is 4.79 Å². The highest BCUT2D eigenvalue weighted by atomic mass is 16.4. The molecule has 4 saturated carbocycles. The van der Waals surface area contributed by atoms with Crippen molar-refractivity contribution in [1.29, 1.82) is 0 Å². The largest absolute Gasteiger partial charge is 0.481 e. The van der Waals surface area contributed by atoms with Crippen molar-refractivity contribution < 1.29 is 20.1 Å². The zero-order valence-corrected chi connectivity index (χ0v) is 19.5. The van der Waals surface area contributed by atoms with Gasteiger partial charge in [-0.05, 0) is 104 Å². The highest BCUT2D eigenvalue weighted by Gasteiger charge is 2.63. The maximum atomic E-state index is 11.7. The van der Waals surface area contributed by atoms with Crippen molar-refractivity contribution in [3.05, 3.63) is 0 Å². The Kier molecular flexibility index (Phi) is 6.31. The van der Waals surface area contributed by atoms with E-state index < -0.39 is 5.97 Å². The quantitative estimate of drug-likeness (QED) is 0.587. The second-order valence-corrected chi connectivity index (χ2v) is 11.9. The standard InChI is InChI=1S/C26H44O4/c1-5-17-20-13-16(27)10-11-26(20,4)21-12-15(3)23-18(14(2)6-9-22(28)29)7-8-19(23)24(21)25(17)30/h14-21,23-25,27,30H,5-13H2,1-4H3,(H,28,29)/t14-,15?,16-,17-,18-,19?,20+,21?,23+,24?,25?,26+/m1/s1. The molecule has 0 aromatic carbocycles. The van der Waals surface area contributed by atoms with Crippen molar-refractivity contribution in [2.75, 3.05) is 0 Å². The van der Waals surface area contributed by atoms with Crippen LogP contribution < -0.4 is 0 Å². The monoisotopic (exact) mass is 420 g/mol. The first kappa shape index (κ1) is 22.6. The molecule has 0 saturated heterocycles. The van der Waals surface area contributed by atoms with E-state index >= 15 is 0 Å². The minimum absolute atomic E-state index is 0.194. The van der Waals surface area contributed by atoms with E-state index in [-0.39, 0.29) is 24.0 Å². The van der Waals surface area contributed by atoms with Gasteiger partial charge < -0.3 is 15.3 Å². The molecule has 0 radical (unpaired) electrons. The second-order valence-electron chi connectivity index (χ2n) is 11.9. The fourth-order valence-electron chi connectivity index (χ4n) is 9.34. The summed E-state index contributed by atoms with van der Waals surface area (Å²) in [5, 5.41) is 31.2. The topological polar surface area (TPSA) is 77.8 Å². The summed E-state index contributed by atoms with van der Waals surface area (Å²) in [5.74, 6) is 3.96. The third-order valence-corrected chi connectivity index (χ3v) is 10.7. The summed E-state index contributed by atoms with van der Waals surface area (Å²) in [6.45, 7) is 9.42. The van der Waals surface area contributed by atoms with Gasteiger partial charge in [0.1, 0.15) is 0 Å². The van der Waals surface area contributed by atoms with Gasteiger partial charge in [0.15, 0.2) is 0 Å². The molecule has 0 aromatic rings. The molecule has 0 spiro atoms. The Morgan fingerprint density at radius 2 is 1.83 bits per heavy atom. The van der Waals surface area contributed by atoms with Gasteiger partial charge in [-0.15, -0.1) is 0 Å². The third-order valence-electron chi connectivity index (χ3n) is 10.7. The zero-order chi connectivity index (χ0) is 21.8. The van der Waals surface area contributed by atoms with E-state index in [0.717, 1.165) is 32.1 Å². The Morgan fingerprint density at radius 3 is 2.50 bits per heavy atom. The molecule has 3 N–H and O–H groups in total. The summed E-state index contributed by atoms with van der Waals surface area (Å²) in [4.78, 5) is 11.1. The first-order chi connectivity index (χ1) is 14.2. The van der Waals surface area contributed by atoms with E-state index in [4.69, 9.17) is 5.11 Å². The first-order valence-corrected chi connectivity index (χ1v) is 12.8. The first-order valence-electron chi connectivity index (χ1n) is 12.8. The lowest BCUT2D eigenvalue weighted by Gasteiger charge is -2.64. The Hall–Kier alpha value is -0.610. The van der Waals surface area contributed by atoms with E-state index in [9.17, 15) is 15.0 Å². The van der Waals surface area contributed by atoms with Gasteiger partial charge in [-0.2, -0.15) is 0 Å². The van der Waals surface area contributed by atoms with Crippen LogP contribution in [0.4, 0.5) is 0 Å². The molecule has 0 amide bonds. The summed E-state index contributed by atoms with van der Waals surface area (Å²) in [7, 11) is 0. The van der Waals surface area contributed by atoms with Crippen molar-refractivity contribution in [2.24, 2.45) is 58.7 Å². The molecule has 30 heavy (non-hydrogen) atoms. The fourth-order valence-corrected chi connectivity index (χ4v) is 9.34. The number of aliphatic hydroxyl groups is 2. The molecule has 4 aliphatic rings. The number of rotatable bonds is 5. The minimum atomic E-state index is -0.680. The lowest BCUT2D eigenvalue weighted by molar-refractivity contribution is -0.199. The van der Waals surface area contributed by atoms with Gasteiger partial charge in [0.05, 0.1) is 12.2 Å². The summed E-state index contributed by atoms with van der Waals surface area (Å²) >= 11 is 0. The van der Waals surface area contributed by atoms with Crippen LogP contribution in [0.3, 0.4) is 0 Å². The van der Waals surface area contributed by atoms with Crippen LogP contribution in [-0.4, -0.2) is 33.5 Å². The van der Waals surface area contributed by atoms with Crippen LogP contribution in [0.25, 0.3) is 0 Å². The van der Waals surface area contributed by atoms with Crippen LogP contribution in [0, 0.1) is 58.7 Å². The Bertz CT molecular complexity index is 635. The number of carbonyl (C=O) groups is 1. The molecule has 0 aromatic heterocycles. The fraction of sp³-hybridized carbons (Fsp3) is 0.962. The molecule has 4 nitrogen and oxygen atoms in total.